The first-order valence-corrected chi connectivity index (χ1v) is 23.5. The number of aromatic nitrogens is 10. The van der Waals surface area contributed by atoms with E-state index in [0.717, 1.165) is 41.3 Å². The van der Waals surface area contributed by atoms with Crippen molar-refractivity contribution in [3.63, 3.8) is 0 Å². The number of hydrogen-bond donors (Lipinski definition) is 6. The van der Waals surface area contributed by atoms with Gasteiger partial charge in [-0.25, -0.2) is 48.7 Å². The summed E-state index contributed by atoms with van der Waals surface area (Å²) < 4.78 is 79.5. The SMILES string of the molecule is O=C(NNc1ncc(F)c(N2CCOCC2)n1)c1ccc(Nc2cc(-c3cncnc3)cc(C(F)(F)F)c2)cn1.O=C(NNc1ncc(F)c(N2CCOCC2)n1)c1ccc(Nc2cc(Cl)cc(-c3cncnc3)c2)cn1. The molecule has 2 saturated heterocycles. The van der Waals surface area contributed by atoms with Crippen molar-refractivity contribution in [2.45, 2.75) is 6.18 Å². The van der Waals surface area contributed by atoms with Crippen molar-refractivity contribution in [1.29, 1.82) is 0 Å². The molecule has 0 atom stereocenters. The number of hydrogen-bond acceptors (Lipinski definition) is 20. The Kier molecular flexibility index (Phi) is 16.6. The number of carbonyl (C=O) groups is 2. The zero-order valence-corrected chi connectivity index (χ0v) is 40.7. The molecule has 2 fully saturated rings. The van der Waals surface area contributed by atoms with Gasteiger partial charge in [0.15, 0.2) is 23.3 Å². The average Bonchev–Trinajstić information content (AvgIpc) is 3.46. The Morgan fingerprint density at radius 2 is 0.961 bits per heavy atom. The van der Waals surface area contributed by atoms with E-state index in [4.69, 9.17) is 21.1 Å². The molecule has 0 aliphatic carbocycles. The number of amides is 2. The quantitative estimate of drug-likeness (QED) is 0.0462. The summed E-state index contributed by atoms with van der Waals surface area (Å²) in [5.74, 6) is -2.05. The minimum Gasteiger partial charge on any atom is -0.378 e. The lowest BCUT2D eigenvalue weighted by atomic mass is 10.0. The van der Waals surface area contributed by atoms with Crippen molar-refractivity contribution in [3.8, 4) is 22.3 Å². The zero-order chi connectivity index (χ0) is 53.7. The van der Waals surface area contributed by atoms with Crippen LogP contribution in [-0.2, 0) is 15.7 Å². The van der Waals surface area contributed by atoms with E-state index in [1.165, 1.54) is 55.6 Å². The van der Waals surface area contributed by atoms with Gasteiger partial charge in [0.05, 0.1) is 68.2 Å². The van der Waals surface area contributed by atoms with Crippen LogP contribution < -0.4 is 42.1 Å². The monoisotopic (exact) mass is 1080 g/mol. The Labute approximate surface area is 438 Å². The van der Waals surface area contributed by atoms with E-state index >= 15 is 0 Å². The standard InChI is InChI=1S/C25H21F4N9O2.C24H21ClFN9O2/c26-20-13-33-24(35-22(20)38-3-5-40-6-4-38)37-36-23(39)21-2-1-18(12-32-21)34-19-8-15(16-10-30-14-31-11-16)7-17(9-19)25(27,28)29;25-17-7-15(16-10-27-14-28-11-16)8-19(9-17)31-18-1-2-21(29-12-18)23(36)33-34-24-30-13-20(26)22(32-24)35-3-5-37-6-4-35/h1-2,7-14,34H,3-6H2,(H,36,39)(H,33,35,37);1-2,7-14,31H,3-6H2,(H,33,36)(H,30,32,34). The number of alkyl halides is 3. The van der Waals surface area contributed by atoms with E-state index in [-0.39, 0.29) is 46.2 Å². The second kappa shape index (κ2) is 24.3. The first-order chi connectivity index (χ1) is 37.3. The fraction of sp³-hybridized carbons (Fsp3) is 0.184. The summed E-state index contributed by atoms with van der Waals surface area (Å²) in [5.41, 5.74) is 13.5. The maximum atomic E-state index is 14.2. The maximum Gasteiger partial charge on any atom is 0.416 e. The normalized spacial score (nSPS) is 13.4. The highest BCUT2D eigenvalue weighted by molar-refractivity contribution is 6.31. The molecule has 22 nitrogen and oxygen atoms in total. The Morgan fingerprint density at radius 1 is 0.519 bits per heavy atom. The Bertz CT molecular complexity index is 3310. The third kappa shape index (κ3) is 14.1. The summed E-state index contributed by atoms with van der Waals surface area (Å²) in [6.07, 6.45) is 9.26. The lowest BCUT2D eigenvalue weighted by Crippen LogP contribution is -2.38. The number of morpholine rings is 2. The summed E-state index contributed by atoms with van der Waals surface area (Å²) in [7, 11) is 0. The molecule has 2 aliphatic rings. The molecule has 28 heteroatoms. The summed E-state index contributed by atoms with van der Waals surface area (Å²) >= 11 is 6.29. The number of benzene rings is 2. The van der Waals surface area contributed by atoms with Crippen LogP contribution in [0, 0.1) is 11.6 Å². The smallest absolute Gasteiger partial charge is 0.378 e. The number of pyridine rings is 2. The topological polar surface area (TPSA) is 260 Å². The highest BCUT2D eigenvalue weighted by Gasteiger charge is 2.31. The molecule has 0 bridgehead atoms. The highest BCUT2D eigenvalue weighted by atomic mass is 35.5. The van der Waals surface area contributed by atoms with Crippen LogP contribution in [0.15, 0.2) is 123 Å². The van der Waals surface area contributed by atoms with Gasteiger partial charge < -0.3 is 29.9 Å². The van der Waals surface area contributed by atoms with Gasteiger partial charge in [-0.1, -0.05) is 11.6 Å². The number of nitrogens with one attached hydrogen (secondary N) is 6. The van der Waals surface area contributed by atoms with Gasteiger partial charge in [-0.3, -0.25) is 31.3 Å². The maximum absolute atomic E-state index is 14.2. The zero-order valence-electron chi connectivity index (χ0n) is 40.0. The molecule has 0 spiro atoms. The van der Waals surface area contributed by atoms with Crippen molar-refractivity contribution >= 4 is 69.7 Å². The van der Waals surface area contributed by atoms with Gasteiger partial charge in [0.1, 0.15) is 24.0 Å². The molecule has 0 saturated carbocycles. The van der Waals surface area contributed by atoms with E-state index in [1.54, 1.807) is 40.4 Å². The van der Waals surface area contributed by atoms with Crippen molar-refractivity contribution in [2.24, 2.45) is 0 Å². The summed E-state index contributed by atoms with van der Waals surface area (Å²) in [6, 6.07) is 15.1. The van der Waals surface area contributed by atoms with Crippen molar-refractivity contribution in [1.82, 2.24) is 60.7 Å². The molecule has 77 heavy (non-hydrogen) atoms. The van der Waals surface area contributed by atoms with Crippen LogP contribution in [-0.4, -0.2) is 114 Å². The largest absolute Gasteiger partial charge is 0.416 e. The number of ether oxygens (including phenoxy) is 2. The Hall–Kier alpha value is -9.34. The van der Waals surface area contributed by atoms with Crippen molar-refractivity contribution in [2.75, 3.05) is 83.9 Å². The van der Waals surface area contributed by atoms with Gasteiger partial charge in [0.2, 0.25) is 11.9 Å². The van der Waals surface area contributed by atoms with Crippen molar-refractivity contribution < 1.29 is 41.0 Å². The first kappa shape index (κ1) is 52.5. The van der Waals surface area contributed by atoms with Gasteiger partial charge in [-0.05, 0) is 71.8 Å². The lowest BCUT2D eigenvalue weighted by molar-refractivity contribution is -0.137. The molecule has 6 N–H and O–H groups in total. The van der Waals surface area contributed by atoms with Crippen LogP contribution in [0.5, 0.6) is 0 Å². The Balaban J connectivity index is 0.000000188. The van der Waals surface area contributed by atoms with Gasteiger partial charge in [-0.2, -0.15) is 23.1 Å². The van der Waals surface area contributed by atoms with Gasteiger partial charge in [0.25, 0.3) is 11.8 Å². The van der Waals surface area contributed by atoms with E-state index in [2.05, 4.69) is 82.2 Å². The first-order valence-electron chi connectivity index (χ1n) is 23.1. The van der Waals surface area contributed by atoms with E-state index in [9.17, 15) is 31.5 Å². The average molecular weight is 1080 g/mol. The molecule has 10 rings (SSSR count). The molecular weight excluding hydrogens is 1040 g/mol. The summed E-state index contributed by atoms with van der Waals surface area (Å²) in [6.45, 7) is 3.81. The van der Waals surface area contributed by atoms with Crippen LogP contribution in [0.4, 0.5) is 68.2 Å². The van der Waals surface area contributed by atoms with E-state index < -0.39 is 35.2 Å². The van der Waals surface area contributed by atoms with Crippen LogP contribution in [0.1, 0.15) is 26.5 Å². The molecule has 0 radical (unpaired) electrons. The molecule has 2 amide bonds. The number of halogens is 6. The molecule has 394 valence electrons. The summed E-state index contributed by atoms with van der Waals surface area (Å²) in [5, 5.41) is 6.63. The van der Waals surface area contributed by atoms with Crippen LogP contribution in [0.2, 0.25) is 5.02 Å². The van der Waals surface area contributed by atoms with Crippen LogP contribution in [0.3, 0.4) is 0 Å². The molecular formula is C49H42ClF5N18O4. The van der Waals surface area contributed by atoms with E-state index in [0.29, 0.717) is 74.6 Å². The third-order valence-corrected chi connectivity index (χ3v) is 11.4. The van der Waals surface area contributed by atoms with Gasteiger partial charge in [-0.15, -0.1) is 0 Å². The minimum atomic E-state index is -4.58. The van der Waals surface area contributed by atoms with Crippen LogP contribution in [0.25, 0.3) is 22.3 Å². The summed E-state index contributed by atoms with van der Waals surface area (Å²) in [4.78, 5) is 68.6. The molecule has 2 aromatic carbocycles. The Morgan fingerprint density at radius 3 is 1.39 bits per heavy atom. The fourth-order valence-electron chi connectivity index (χ4n) is 7.48. The highest BCUT2D eigenvalue weighted by Crippen LogP contribution is 2.36. The molecule has 8 heterocycles. The third-order valence-electron chi connectivity index (χ3n) is 11.2. The predicted octanol–water partition coefficient (Wildman–Crippen LogP) is 7.28. The van der Waals surface area contributed by atoms with Crippen LogP contribution >= 0.6 is 11.6 Å². The molecule has 6 aromatic heterocycles. The predicted molar refractivity (Wildman–Crippen MR) is 272 cm³/mol. The number of carbonyl (C=O) groups excluding carboxylic acids is 2. The fourth-order valence-corrected chi connectivity index (χ4v) is 7.71. The second-order valence-electron chi connectivity index (χ2n) is 16.5. The van der Waals surface area contributed by atoms with Crippen molar-refractivity contribution in [3.05, 3.63) is 157 Å². The van der Waals surface area contributed by atoms with Gasteiger partial charge in [0, 0.05) is 78.5 Å². The second-order valence-corrected chi connectivity index (χ2v) is 16.9. The number of anilines is 8. The van der Waals surface area contributed by atoms with Gasteiger partial charge >= 0.3 is 6.18 Å². The number of rotatable bonds is 14. The minimum absolute atomic E-state index is 0.000250. The molecule has 2 aliphatic heterocycles. The number of hydrazine groups is 2. The molecule has 8 aromatic rings. The number of nitrogens with zero attached hydrogens (tertiary/aromatic N) is 12. The molecule has 0 unspecified atom stereocenters. The van der Waals surface area contributed by atoms with E-state index in [1.807, 2.05) is 12.1 Å². The lowest BCUT2D eigenvalue weighted by Gasteiger charge is -2.28.